The molecule has 2 heterocycles. The van der Waals surface area contributed by atoms with E-state index in [4.69, 9.17) is 9.51 Å². The molecule has 2 aromatic carbocycles. The lowest BCUT2D eigenvalue weighted by atomic mass is 9.99. The van der Waals surface area contributed by atoms with Crippen molar-refractivity contribution < 1.29 is 8.91 Å². The van der Waals surface area contributed by atoms with Crippen LogP contribution in [-0.2, 0) is 6.42 Å². The van der Waals surface area contributed by atoms with Crippen LogP contribution in [0.25, 0.3) is 22.6 Å². The highest BCUT2D eigenvalue weighted by molar-refractivity contribution is 7.10. The Bertz CT molecular complexity index is 1100. The van der Waals surface area contributed by atoms with Crippen molar-refractivity contribution in [1.82, 2.24) is 15.1 Å². The van der Waals surface area contributed by atoms with Crippen molar-refractivity contribution in [2.45, 2.75) is 27.2 Å². The molecule has 27 heavy (non-hydrogen) atoms. The van der Waals surface area contributed by atoms with Crippen LogP contribution in [0.1, 0.15) is 27.6 Å². The van der Waals surface area contributed by atoms with Crippen molar-refractivity contribution >= 4 is 11.3 Å². The van der Waals surface area contributed by atoms with E-state index in [2.05, 4.69) is 48.4 Å². The van der Waals surface area contributed by atoms with E-state index < -0.39 is 0 Å². The van der Waals surface area contributed by atoms with E-state index in [9.17, 15) is 4.39 Å². The van der Waals surface area contributed by atoms with Crippen molar-refractivity contribution in [2.24, 2.45) is 0 Å². The summed E-state index contributed by atoms with van der Waals surface area (Å²) in [7, 11) is 0. The highest BCUT2D eigenvalue weighted by Crippen LogP contribution is 2.28. The van der Waals surface area contributed by atoms with E-state index >= 15 is 0 Å². The molecule has 0 aliphatic heterocycles. The molecule has 0 saturated heterocycles. The molecule has 0 saturated carbocycles. The SMILES string of the molecule is Cc1cc(C)c(-c2csc(Cc3nc(-c4ccc(F)cc4)no3)n2)cc1C. The highest BCUT2D eigenvalue weighted by atomic mass is 32.1. The van der Waals surface area contributed by atoms with E-state index in [0.29, 0.717) is 18.1 Å². The third-order valence-corrected chi connectivity index (χ3v) is 5.39. The van der Waals surface area contributed by atoms with Crippen LogP contribution in [0.5, 0.6) is 0 Å². The first kappa shape index (κ1) is 17.5. The number of aryl methyl sites for hydroxylation is 3. The average Bonchev–Trinajstić information content (AvgIpc) is 3.29. The van der Waals surface area contributed by atoms with Crippen LogP contribution in [0.15, 0.2) is 46.3 Å². The van der Waals surface area contributed by atoms with Crippen LogP contribution in [0.4, 0.5) is 4.39 Å². The zero-order valence-corrected chi connectivity index (χ0v) is 16.1. The molecule has 0 amide bonds. The van der Waals surface area contributed by atoms with Crippen LogP contribution in [-0.4, -0.2) is 15.1 Å². The molecular weight excluding hydrogens is 361 g/mol. The van der Waals surface area contributed by atoms with Gasteiger partial charge in [-0.25, -0.2) is 9.37 Å². The van der Waals surface area contributed by atoms with Gasteiger partial charge in [-0.15, -0.1) is 11.3 Å². The number of halogens is 1. The molecule has 0 spiro atoms. The molecule has 0 atom stereocenters. The predicted molar refractivity (Wildman–Crippen MR) is 104 cm³/mol. The van der Waals surface area contributed by atoms with E-state index in [1.807, 2.05) is 0 Å². The first-order valence-electron chi connectivity index (χ1n) is 8.61. The summed E-state index contributed by atoms with van der Waals surface area (Å²) in [5, 5.41) is 6.95. The minimum atomic E-state index is -0.292. The quantitative estimate of drug-likeness (QED) is 0.469. The van der Waals surface area contributed by atoms with Crippen molar-refractivity contribution in [3.05, 3.63) is 75.2 Å². The summed E-state index contributed by atoms with van der Waals surface area (Å²) in [5.74, 6) is 0.651. The minimum Gasteiger partial charge on any atom is -0.339 e. The van der Waals surface area contributed by atoms with Gasteiger partial charge in [0, 0.05) is 16.5 Å². The number of nitrogens with zero attached hydrogens (tertiary/aromatic N) is 3. The maximum atomic E-state index is 13.0. The fraction of sp³-hybridized carbons (Fsp3) is 0.190. The van der Waals surface area contributed by atoms with Crippen LogP contribution in [0.2, 0.25) is 0 Å². The number of hydrogen-bond donors (Lipinski definition) is 0. The Kier molecular flexibility index (Phi) is 4.58. The monoisotopic (exact) mass is 379 g/mol. The summed E-state index contributed by atoms with van der Waals surface area (Å²) >= 11 is 1.58. The van der Waals surface area contributed by atoms with E-state index in [1.165, 1.54) is 28.8 Å². The van der Waals surface area contributed by atoms with Gasteiger partial charge in [-0.3, -0.25) is 0 Å². The molecule has 0 radical (unpaired) electrons. The van der Waals surface area contributed by atoms with Gasteiger partial charge in [0.15, 0.2) is 0 Å². The Morgan fingerprint density at radius 2 is 1.70 bits per heavy atom. The minimum absolute atomic E-state index is 0.292. The lowest BCUT2D eigenvalue weighted by Crippen LogP contribution is -1.91. The summed E-state index contributed by atoms with van der Waals surface area (Å²) in [6.45, 7) is 6.33. The Labute approximate surface area is 160 Å². The van der Waals surface area contributed by atoms with Gasteiger partial charge in [0.2, 0.25) is 11.7 Å². The van der Waals surface area contributed by atoms with Crippen LogP contribution in [0, 0.1) is 26.6 Å². The topological polar surface area (TPSA) is 51.8 Å². The van der Waals surface area contributed by atoms with Gasteiger partial charge in [0.25, 0.3) is 0 Å². The lowest BCUT2D eigenvalue weighted by Gasteiger charge is -2.07. The fourth-order valence-corrected chi connectivity index (χ4v) is 3.71. The Morgan fingerprint density at radius 3 is 2.48 bits per heavy atom. The number of hydrogen-bond acceptors (Lipinski definition) is 5. The summed E-state index contributed by atoms with van der Waals surface area (Å²) in [4.78, 5) is 9.14. The van der Waals surface area contributed by atoms with Gasteiger partial charge in [-0.05, 0) is 67.8 Å². The first-order chi connectivity index (χ1) is 13.0. The van der Waals surface area contributed by atoms with Gasteiger partial charge < -0.3 is 4.52 Å². The molecule has 4 aromatic rings. The van der Waals surface area contributed by atoms with Gasteiger partial charge in [-0.1, -0.05) is 11.2 Å². The second kappa shape index (κ2) is 7.04. The molecular formula is C21H18FN3OS. The molecule has 4 rings (SSSR count). The zero-order chi connectivity index (χ0) is 19.0. The molecule has 6 heteroatoms. The molecule has 136 valence electrons. The lowest BCUT2D eigenvalue weighted by molar-refractivity contribution is 0.385. The van der Waals surface area contributed by atoms with Crippen LogP contribution in [0.3, 0.4) is 0 Å². The Balaban J connectivity index is 1.55. The third-order valence-electron chi connectivity index (χ3n) is 4.54. The summed E-state index contributed by atoms with van der Waals surface area (Å²) in [5.41, 5.74) is 6.59. The Hall–Kier alpha value is -2.86. The molecule has 0 aliphatic rings. The molecule has 0 N–H and O–H groups in total. The van der Waals surface area contributed by atoms with Gasteiger partial charge in [0.1, 0.15) is 10.8 Å². The fourth-order valence-electron chi connectivity index (χ4n) is 2.92. The predicted octanol–water partition coefficient (Wildman–Crippen LogP) is 5.52. The van der Waals surface area contributed by atoms with E-state index in [1.54, 1.807) is 23.5 Å². The molecule has 4 nitrogen and oxygen atoms in total. The summed E-state index contributed by atoms with van der Waals surface area (Å²) < 4.78 is 18.4. The second-order valence-electron chi connectivity index (χ2n) is 6.57. The molecule has 0 aliphatic carbocycles. The molecule has 0 unspecified atom stereocenters. The van der Waals surface area contributed by atoms with Crippen LogP contribution < -0.4 is 0 Å². The maximum Gasteiger partial charge on any atom is 0.233 e. The van der Waals surface area contributed by atoms with Gasteiger partial charge in [-0.2, -0.15) is 4.98 Å². The Morgan fingerprint density at radius 1 is 0.963 bits per heavy atom. The number of benzene rings is 2. The average molecular weight is 379 g/mol. The molecule has 2 aromatic heterocycles. The normalized spacial score (nSPS) is 11.1. The van der Waals surface area contributed by atoms with Gasteiger partial charge >= 0.3 is 0 Å². The number of rotatable bonds is 4. The standard InChI is InChI=1S/C21H18FN3OS/c1-12-8-14(3)17(9-13(12)2)18-11-27-20(23-18)10-19-24-21(25-26-19)15-4-6-16(22)7-5-15/h4-9,11H,10H2,1-3H3. The maximum absolute atomic E-state index is 13.0. The van der Waals surface area contributed by atoms with Crippen molar-refractivity contribution in [3.63, 3.8) is 0 Å². The molecule has 0 bridgehead atoms. The number of thiazole rings is 1. The van der Waals surface area contributed by atoms with Crippen molar-refractivity contribution in [3.8, 4) is 22.6 Å². The summed E-state index contributed by atoms with van der Waals surface area (Å²) in [6, 6.07) is 10.4. The van der Waals surface area contributed by atoms with Crippen molar-refractivity contribution in [2.75, 3.05) is 0 Å². The van der Waals surface area contributed by atoms with E-state index in [0.717, 1.165) is 21.8 Å². The van der Waals surface area contributed by atoms with Gasteiger partial charge in [0.05, 0.1) is 12.1 Å². The highest BCUT2D eigenvalue weighted by Gasteiger charge is 2.13. The van der Waals surface area contributed by atoms with Crippen molar-refractivity contribution in [1.29, 1.82) is 0 Å². The second-order valence-corrected chi connectivity index (χ2v) is 7.52. The largest absolute Gasteiger partial charge is 0.339 e. The third kappa shape index (κ3) is 3.66. The molecule has 0 fully saturated rings. The van der Waals surface area contributed by atoms with Crippen LogP contribution >= 0.6 is 11.3 Å². The summed E-state index contributed by atoms with van der Waals surface area (Å²) in [6.07, 6.45) is 0.475. The number of aromatic nitrogens is 3. The smallest absolute Gasteiger partial charge is 0.233 e. The first-order valence-corrected chi connectivity index (χ1v) is 9.49. The zero-order valence-electron chi connectivity index (χ0n) is 15.3. The van der Waals surface area contributed by atoms with E-state index in [-0.39, 0.29) is 5.82 Å².